The number of methoxy groups -OCH3 is 1. The lowest BCUT2D eigenvalue weighted by molar-refractivity contribution is -0.137. The van der Waals surface area contributed by atoms with Crippen molar-refractivity contribution in [1.82, 2.24) is 15.5 Å². The van der Waals surface area contributed by atoms with E-state index in [1.807, 2.05) is 0 Å². The molecule has 4 N–H and O–H groups in total. The van der Waals surface area contributed by atoms with E-state index in [1.54, 1.807) is 0 Å². The number of rotatable bonds is 10. The maximum Gasteiger partial charge on any atom is 0.242 e. The Kier molecular flexibility index (Phi) is 9.79. The molecule has 9 heteroatoms. The van der Waals surface area contributed by atoms with Crippen LogP contribution in [0.3, 0.4) is 0 Å². The van der Waals surface area contributed by atoms with Gasteiger partial charge in [-0.25, -0.2) is 0 Å². The molecule has 3 amide bonds. The molecular weight excluding hydrogens is 268 g/mol. The van der Waals surface area contributed by atoms with E-state index in [4.69, 9.17) is 10.5 Å². The number of aldehydes is 1. The third kappa shape index (κ3) is 8.16. The third-order valence-electron chi connectivity index (χ3n) is 2.26. The van der Waals surface area contributed by atoms with Gasteiger partial charge < -0.3 is 30.8 Å². The number of ether oxygens (including phenoxy) is 1. The van der Waals surface area contributed by atoms with Gasteiger partial charge in [-0.3, -0.25) is 14.4 Å². The smallest absolute Gasteiger partial charge is 0.242 e. The molecule has 114 valence electrons. The molecule has 0 saturated heterocycles. The molecule has 9 nitrogen and oxygen atoms in total. The number of nitrogens with one attached hydrogen (secondary N) is 2. The Morgan fingerprint density at radius 3 is 2.50 bits per heavy atom. The van der Waals surface area contributed by atoms with E-state index < -0.39 is 17.7 Å². The average Bonchev–Trinajstić information content (AvgIpc) is 2.46. The molecule has 0 aliphatic carbocycles. The molecule has 0 radical (unpaired) electrons. The highest BCUT2D eigenvalue weighted by molar-refractivity contribution is 5.89. The Balaban J connectivity index is 4.37. The van der Waals surface area contributed by atoms with Crippen LogP contribution < -0.4 is 16.4 Å². The van der Waals surface area contributed by atoms with Gasteiger partial charge in [0.2, 0.25) is 17.7 Å². The second kappa shape index (κ2) is 10.9. The third-order valence-corrected chi connectivity index (χ3v) is 2.26. The molecule has 0 saturated carbocycles. The first-order valence-corrected chi connectivity index (χ1v) is 5.99. The van der Waals surface area contributed by atoms with E-state index in [0.717, 1.165) is 0 Å². The Hall–Kier alpha value is -2.00. The van der Waals surface area contributed by atoms with Crippen LogP contribution in [0.5, 0.6) is 0 Å². The highest BCUT2D eigenvalue weighted by atomic mass is 16.5. The summed E-state index contributed by atoms with van der Waals surface area (Å²) in [5.74, 6) is -1.37. The van der Waals surface area contributed by atoms with Gasteiger partial charge in [0, 0.05) is 13.7 Å². The van der Waals surface area contributed by atoms with Crippen molar-refractivity contribution >= 4 is 24.0 Å². The minimum absolute atomic E-state index is 0.116. The predicted octanol–water partition coefficient (Wildman–Crippen LogP) is -3.15. The number of carbonyl (C=O) groups is 4. The van der Waals surface area contributed by atoms with Crippen molar-refractivity contribution in [2.75, 3.05) is 46.4 Å². The first-order valence-electron chi connectivity index (χ1n) is 5.99. The molecule has 0 rings (SSSR count). The molecule has 0 heterocycles. The summed E-state index contributed by atoms with van der Waals surface area (Å²) in [5, 5.41) is 4.64. The molecule has 0 aliphatic heterocycles. The number of hydrogen-bond donors (Lipinski definition) is 3. The summed E-state index contributed by atoms with van der Waals surface area (Å²) in [6.07, 6.45) is 0.542. The highest BCUT2D eigenvalue weighted by Crippen LogP contribution is 1.90. The van der Waals surface area contributed by atoms with E-state index in [0.29, 0.717) is 6.29 Å². The molecule has 0 aliphatic rings. The maximum atomic E-state index is 11.8. The molecule has 0 unspecified atom stereocenters. The first kappa shape index (κ1) is 18.0. The van der Waals surface area contributed by atoms with Gasteiger partial charge in [-0.15, -0.1) is 0 Å². The van der Waals surface area contributed by atoms with Crippen molar-refractivity contribution in [3.05, 3.63) is 0 Å². The van der Waals surface area contributed by atoms with E-state index in [-0.39, 0.29) is 39.3 Å². The number of hydrogen-bond acceptors (Lipinski definition) is 6. The minimum Gasteiger partial charge on any atom is -0.383 e. The fourth-order valence-corrected chi connectivity index (χ4v) is 1.24. The van der Waals surface area contributed by atoms with Gasteiger partial charge in [-0.1, -0.05) is 0 Å². The Morgan fingerprint density at radius 1 is 1.25 bits per heavy atom. The first-order chi connectivity index (χ1) is 9.54. The Morgan fingerprint density at radius 2 is 1.95 bits per heavy atom. The van der Waals surface area contributed by atoms with Crippen LogP contribution in [0.25, 0.3) is 0 Å². The van der Waals surface area contributed by atoms with Gasteiger partial charge >= 0.3 is 0 Å². The second-order valence-electron chi connectivity index (χ2n) is 3.76. The zero-order chi connectivity index (χ0) is 15.4. The van der Waals surface area contributed by atoms with E-state index in [1.165, 1.54) is 12.0 Å². The molecule has 0 aromatic heterocycles. The molecule has 0 aromatic carbocycles. The number of nitrogens with two attached hydrogens (primary N) is 1. The lowest BCUT2D eigenvalue weighted by Crippen LogP contribution is -2.47. The van der Waals surface area contributed by atoms with Gasteiger partial charge in [0.05, 0.1) is 32.8 Å². The van der Waals surface area contributed by atoms with Crippen molar-refractivity contribution in [1.29, 1.82) is 0 Å². The number of amides is 3. The number of carbonyl (C=O) groups excluding carboxylic acids is 4. The maximum absolute atomic E-state index is 11.8. The SMILES string of the molecule is COCCN(CC(=O)NCC=O)C(=O)CNC(=O)CN. The summed E-state index contributed by atoms with van der Waals surface area (Å²) in [7, 11) is 1.46. The predicted molar refractivity (Wildman–Crippen MR) is 69.6 cm³/mol. The summed E-state index contributed by atoms with van der Waals surface area (Å²) in [6, 6.07) is 0. The van der Waals surface area contributed by atoms with Crippen molar-refractivity contribution < 1.29 is 23.9 Å². The van der Waals surface area contributed by atoms with Crippen LogP contribution in [0.15, 0.2) is 0 Å². The lowest BCUT2D eigenvalue weighted by Gasteiger charge is -2.21. The van der Waals surface area contributed by atoms with E-state index in [9.17, 15) is 19.2 Å². The molecule has 20 heavy (non-hydrogen) atoms. The number of nitrogens with zero attached hydrogens (tertiary/aromatic N) is 1. The van der Waals surface area contributed by atoms with Gasteiger partial charge in [0.25, 0.3) is 0 Å². The summed E-state index contributed by atoms with van der Waals surface area (Å²) in [5.41, 5.74) is 5.10. The summed E-state index contributed by atoms with van der Waals surface area (Å²) in [4.78, 5) is 45.6. The van der Waals surface area contributed by atoms with Crippen molar-refractivity contribution in [3.63, 3.8) is 0 Å². The van der Waals surface area contributed by atoms with Crippen molar-refractivity contribution in [2.45, 2.75) is 0 Å². The summed E-state index contributed by atoms with van der Waals surface area (Å²) < 4.78 is 4.84. The van der Waals surface area contributed by atoms with Crippen LogP contribution in [-0.4, -0.2) is 75.3 Å². The Bertz CT molecular complexity index is 348. The van der Waals surface area contributed by atoms with Gasteiger partial charge in [-0.05, 0) is 0 Å². The van der Waals surface area contributed by atoms with Crippen LogP contribution in [-0.2, 0) is 23.9 Å². The molecule has 0 aromatic rings. The van der Waals surface area contributed by atoms with Gasteiger partial charge in [0.1, 0.15) is 6.29 Å². The standard InChI is InChI=1S/C11H20N4O5/c1-20-5-3-15(8-10(18)13-2-4-16)11(19)7-14-9(17)6-12/h4H,2-3,5-8,12H2,1H3,(H,13,18)(H,14,17). The topological polar surface area (TPSA) is 131 Å². The summed E-state index contributed by atoms with van der Waals surface area (Å²) >= 11 is 0. The molecule has 0 fully saturated rings. The van der Waals surface area contributed by atoms with Crippen LogP contribution >= 0.6 is 0 Å². The summed E-state index contributed by atoms with van der Waals surface area (Å²) in [6.45, 7) is -0.352. The fourth-order valence-electron chi connectivity index (χ4n) is 1.24. The Labute approximate surface area is 116 Å². The van der Waals surface area contributed by atoms with E-state index in [2.05, 4.69) is 10.6 Å². The molecule has 0 atom stereocenters. The van der Waals surface area contributed by atoms with Crippen LogP contribution in [0.2, 0.25) is 0 Å². The van der Waals surface area contributed by atoms with Crippen molar-refractivity contribution in [2.24, 2.45) is 5.73 Å². The lowest BCUT2D eigenvalue weighted by atomic mass is 10.4. The normalized spacial score (nSPS) is 9.70. The highest BCUT2D eigenvalue weighted by Gasteiger charge is 2.17. The zero-order valence-electron chi connectivity index (χ0n) is 11.4. The van der Waals surface area contributed by atoms with Crippen LogP contribution in [0.1, 0.15) is 0 Å². The largest absolute Gasteiger partial charge is 0.383 e. The average molecular weight is 288 g/mol. The minimum atomic E-state index is -0.466. The van der Waals surface area contributed by atoms with Crippen molar-refractivity contribution in [3.8, 4) is 0 Å². The molecule has 0 spiro atoms. The van der Waals surface area contributed by atoms with Gasteiger partial charge in [0.15, 0.2) is 0 Å². The molecule has 0 bridgehead atoms. The van der Waals surface area contributed by atoms with E-state index >= 15 is 0 Å². The van der Waals surface area contributed by atoms with Crippen LogP contribution in [0, 0.1) is 0 Å². The quantitative estimate of drug-likeness (QED) is 0.364. The second-order valence-corrected chi connectivity index (χ2v) is 3.76. The van der Waals surface area contributed by atoms with Crippen LogP contribution in [0.4, 0.5) is 0 Å². The monoisotopic (exact) mass is 288 g/mol. The zero-order valence-corrected chi connectivity index (χ0v) is 11.4. The van der Waals surface area contributed by atoms with Gasteiger partial charge in [-0.2, -0.15) is 0 Å². The molecular formula is C11H20N4O5. The fraction of sp³-hybridized carbons (Fsp3) is 0.636.